The molecule has 0 aliphatic heterocycles. The third kappa shape index (κ3) is 3.18. The lowest BCUT2D eigenvalue weighted by molar-refractivity contribution is 0.923. The fourth-order valence-electron chi connectivity index (χ4n) is 5.58. The molecular weight excluding hydrogens is 424 g/mol. The lowest BCUT2D eigenvalue weighted by Crippen LogP contribution is -1.93. The van der Waals surface area contributed by atoms with E-state index in [0.717, 1.165) is 12.8 Å². The van der Waals surface area contributed by atoms with Gasteiger partial charge in [-0.15, -0.1) is 0 Å². The molecule has 2 nitrogen and oxygen atoms in total. The monoisotopic (exact) mass is 450 g/mol. The number of para-hydroxylation sites is 2. The third-order valence-electron chi connectivity index (χ3n) is 7.22. The zero-order valence-corrected chi connectivity index (χ0v) is 19.8. The number of aryl methyl sites for hydroxylation is 1. The van der Waals surface area contributed by atoms with Gasteiger partial charge in [0, 0.05) is 38.3 Å². The smallest absolute Gasteiger partial charge is 0.0541 e. The van der Waals surface area contributed by atoms with Gasteiger partial charge in [0.25, 0.3) is 0 Å². The molecule has 0 saturated heterocycles. The molecule has 0 bridgehead atoms. The van der Waals surface area contributed by atoms with Crippen molar-refractivity contribution in [1.82, 2.24) is 9.55 Å². The number of nitrogens with one attached hydrogen (secondary N) is 1. The van der Waals surface area contributed by atoms with Crippen LogP contribution in [0.15, 0.2) is 109 Å². The van der Waals surface area contributed by atoms with E-state index in [-0.39, 0.29) is 0 Å². The van der Waals surface area contributed by atoms with Crippen molar-refractivity contribution in [2.45, 2.75) is 19.8 Å². The van der Waals surface area contributed by atoms with Gasteiger partial charge in [-0.2, -0.15) is 0 Å². The van der Waals surface area contributed by atoms with Gasteiger partial charge >= 0.3 is 0 Å². The Bertz CT molecular complexity index is 1850. The van der Waals surface area contributed by atoms with Gasteiger partial charge < -0.3 is 9.55 Å². The first-order valence-electron chi connectivity index (χ1n) is 12.4. The van der Waals surface area contributed by atoms with Gasteiger partial charge in [0.1, 0.15) is 0 Å². The number of hydrogen-bond acceptors (Lipinski definition) is 0. The molecule has 0 fully saturated rings. The van der Waals surface area contributed by atoms with E-state index in [1.165, 1.54) is 66.0 Å². The third-order valence-corrected chi connectivity index (χ3v) is 7.22. The molecule has 0 saturated carbocycles. The van der Waals surface area contributed by atoms with E-state index in [0.29, 0.717) is 0 Å². The quantitative estimate of drug-likeness (QED) is 0.276. The molecule has 35 heavy (non-hydrogen) atoms. The first-order chi connectivity index (χ1) is 17.3. The molecule has 0 radical (unpaired) electrons. The molecule has 0 atom stereocenters. The van der Waals surface area contributed by atoms with Crippen LogP contribution < -0.4 is 0 Å². The van der Waals surface area contributed by atoms with Gasteiger partial charge in [-0.1, -0.05) is 67.9 Å². The molecule has 2 heterocycles. The predicted octanol–water partition coefficient (Wildman–Crippen LogP) is 9.04. The fourth-order valence-corrected chi connectivity index (χ4v) is 5.58. The van der Waals surface area contributed by atoms with Crippen LogP contribution >= 0.6 is 0 Å². The molecular formula is C33H26N2. The summed E-state index contributed by atoms with van der Waals surface area (Å²) in [7, 11) is 0. The maximum atomic E-state index is 3.55. The number of H-pyrrole nitrogens is 1. The number of benzene rings is 5. The minimum absolute atomic E-state index is 1.10. The lowest BCUT2D eigenvalue weighted by Gasteiger charge is -2.08. The predicted molar refractivity (Wildman–Crippen MR) is 150 cm³/mol. The zero-order valence-electron chi connectivity index (χ0n) is 19.8. The Morgan fingerprint density at radius 1 is 0.571 bits per heavy atom. The molecule has 1 N–H and O–H groups in total. The lowest BCUT2D eigenvalue weighted by atomic mass is 10.00. The fraction of sp³-hybridized carbons (Fsp3) is 0.0909. The number of fused-ring (bicyclic) bond motifs is 6. The molecule has 0 unspecified atom stereocenters. The topological polar surface area (TPSA) is 20.7 Å². The minimum atomic E-state index is 1.10. The highest BCUT2D eigenvalue weighted by Gasteiger charge is 2.14. The molecule has 7 rings (SSSR count). The molecule has 168 valence electrons. The largest absolute Gasteiger partial charge is 0.355 e. The summed E-state index contributed by atoms with van der Waals surface area (Å²) < 4.78 is 2.40. The second-order valence-electron chi connectivity index (χ2n) is 9.44. The van der Waals surface area contributed by atoms with Gasteiger partial charge in [0.2, 0.25) is 0 Å². The van der Waals surface area contributed by atoms with Crippen LogP contribution in [0.2, 0.25) is 0 Å². The van der Waals surface area contributed by atoms with Crippen LogP contribution in [-0.2, 0) is 6.42 Å². The maximum absolute atomic E-state index is 3.55. The highest BCUT2D eigenvalue weighted by Crippen LogP contribution is 2.37. The number of aromatic amines is 1. The zero-order chi connectivity index (χ0) is 23.4. The Kier molecular flexibility index (Phi) is 4.53. The average molecular weight is 451 g/mol. The molecule has 5 aromatic carbocycles. The average Bonchev–Trinajstić information content (AvgIpc) is 3.44. The maximum Gasteiger partial charge on any atom is 0.0541 e. The summed E-state index contributed by atoms with van der Waals surface area (Å²) in [5.41, 5.74) is 9.96. The first-order valence-corrected chi connectivity index (χ1v) is 12.4. The number of aromatic nitrogens is 2. The summed E-state index contributed by atoms with van der Waals surface area (Å²) in [6.45, 7) is 2.25. The Morgan fingerprint density at radius 2 is 1.23 bits per heavy atom. The van der Waals surface area contributed by atoms with Gasteiger partial charge in [0.15, 0.2) is 0 Å². The summed E-state index contributed by atoms with van der Waals surface area (Å²) in [5, 5.41) is 5.17. The first kappa shape index (κ1) is 20.1. The molecule has 0 spiro atoms. The van der Waals surface area contributed by atoms with E-state index >= 15 is 0 Å². The van der Waals surface area contributed by atoms with Crippen molar-refractivity contribution in [3.05, 3.63) is 115 Å². The molecule has 7 aromatic rings. The summed E-state index contributed by atoms with van der Waals surface area (Å²) in [5.74, 6) is 0. The van der Waals surface area contributed by atoms with Crippen molar-refractivity contribution >= 4 is 43.6 Å². The summed E-state index contributed by atoms with van der Waals surface area (Å²) in [6, 6.07) is 39.9. The van der Waals surface area contributed by atoms with Crippen LogP contribution in [0.25, 0.3) is 60.4 Å². The van der Waals surface area contributed by atoms with Crippen molar-refractivity contribution in [2.24, 2.45) is 0 Å². The Morgan fingerprint density at radius 3 is 2.06 bits per heavy atom. The second-order valence-corrected chi connectivity index (χ2v) is 9.44. The number of nitrogens with zero attached hydrogens (tertiary/aromatic N) is 1. The van der Waals surface area contributed by atoms with E-state index in [9.17, 15) is 0 Å². The van der Waals surface area contributed by atoms with Gasteiger partial charge in [-0.05, 0) is 77.7 Å². The van der Waals surface area contributed by atoms with Crippen molar-refractivity contribution in [1.29, 1.82) is 0 Å². The molecule has 2 aromatic heterocycles. The second kappa shape index (κ2) is 7.89. The van der Waals surface area contributed by atoms with Crippen molar-refractivity contribution < 1.29 is 0 Å². The molecule has 0 amide bonds. The highest BCUT2D eigenvalue weighted by atomic mass is 15.0. The Labute approximate surface area is 204 Å². The van der Waals surface area contributed by atoms with Crippen LogP contribution in [0.5, 0.6) is 0 Å². The molecule has 0 aliphatic carbocycles. The Hall–Kier alpha value is -4.30. The van der Waals surface area contributed by atoms with Crippen LogP contribution in [0.1, 0.15) is 18.9 Å². The summed E-state index contributed by atoms with van der Waals surface area (Å²) >= 11 is 0. The summed E-state index contributed by atoms with van der Waals surface area (Å²) in [4.78, 5) is 3.55. The van der Waals surface area contributed by atoms with E-state index in [1.54, 1.807) is 0 Å². The molecule has 0 aliphatic rings. The summed E-state index contributed by atoms with van der Waals surface area (Å²) in [6.07, 6.45) is 2.25. The van der Waals surface area contributed by atoms with E-state index in [1.807, 2.05) is 0 Å². The number of rotatable bonds is 4. The van der Waals surface area contributed by atoms with Crippen molar-refractivity contribution in [3.63, 3.8) is 0 Å². The SMILES string of the molecule is CCCc1ccc2c(c1)c1cc(-c3ccc4[nH]c5ccccc5c4c3)ccc1n2-c1ccccc1. The normalized spacial score (nSPS) is 11.8. The van der Waals surface area contributed by atoms with E-state index < -0.39 is 0 Å². The van der Waals surface area contributed by atoms with E-state index in [4.69, 9.17) is 0 Å². The van der Waals surface area contributed by atoms with Gasteiger partial charge in [0.05, 0.1) is 11.0 Å². The van der Waals surface area contributed by atoms with Crippen molar-refractivity contribution in [2.75, 3.05) is 0 Å². The van der Waals surface area contributed by atoms with Crippen LogP contribution in [0.3, 0.4) is 0 Å². The van der Waals surface area contributed by atoms with Crippen LogP contribution in [-0.4, -0.2) is 9.55 Å². The van der Waals surface area contributed by atoms with Crippen LogP contribution in [0, 0.1) is 0 Å². The van der Waals surface area contributed by atoms with Gasteiger partial charge in [-0.25, -0.2) is 0 Å². The number of hydrogen-bond donors (Lipinski definition) is 1. The van der Waals surface area contributed by atoms with Gasteiger partial charge in [-0.3, -0.25) is 0 Å². The highest BCUT2D eigenvalue weighted by molar-refractivity contribution is 6.12. The minimum Gasteiger partial charge on any atom is -0.355 e. The van der Waals surface area contributed by atoms with Crippen molar-refractivity contribution in [3.8, 4) is 16.8 Å². The van der Waals surface area contributed by atoms with Crippen LogP contribution in [0.4, 0.5) is 0 Å². The van der Waals surface area contributed by atoms with E-state index in [2.05, 4.69) is 126 Å². The Balaban J connectivity index is 1.48. The molecule has 2 heteroatoms. The standard InChI is InChI=1S/C33H26N2/c1-2-8-22-13-17-32-28(19-22)29-21-24(15-18-33(29)35(32)25-9-4-3-5-10-25)23-14-16-31-27(20-23)26-11-6-7-12-30(26)34-31/h3-7,9-21,34H,2,8H2,1H3.